The SMILES string of the molecule is O=C(C[NH+]1CCCCCCC1)Nc1ccccc1[N+](=O)[O-]. The molecule has 114 valence electrons. The van der Waals surface area contributed by atoms with E-state index in [0.717, 1.165) is 25.9 Å². The smallest absolute Gasteiger partial charge is 0.292 e. The van der Waals surface area contributed by atoms with E-state index < -0.39 is 4.92 Å². The molecule has 1 aromatic carbocycles. The summed E-state index contributed by atoms with van der Waals surface area (Å²) in [4.78, 5) is 23.8. The Balaban J connectivity index is 1.93. The van der Waals surface area contributed by atoms with Crippen molar-refractivity contribution in [3.8, 4) is 0 Å². The summed E-state index contributed by atoms with van der Waals surface area (Å²) in [5.41, 5.74) is 0.215. The highest BCUT2D eigenvalue weighted by Crippen LogP contribution is 2.22. The Morgan fingerprint density at radius 2 is 1.76 bits per heavy atom. The number of nitrogens with zero attached hydrogens (tertiary/aromatic N) is 1. The minimum atomic E-state index is -0.474. The molecule has 21 heavy (non-hydrogen) atoms. The molecule has 1 aliphatic heterocycles. The third-order valence-electron chi connectivity index (χ3n) is 3.85. The van der Waals surface area contributed by atoms with Crippen LogP contribution in [0.2, 0.25) is 0 Å². The summed E-state index contributed by atoms with van der Waals surface area (Å²) in [5.74, 6) is -0.153. The number of likely N-dealkylation sites (tertiary alicyclic amines) is 1. The van der Waals surface area contributed by atoms with Crippen LogP contribution in [0.25, 0.3) is 0 Å². The van der Waals surface area contributed by atoms with Crippen LogP contribution in [0, 0.1) is 10.1 Å². The molecule has 0 aliphatic carbocycles. The van der Waals surface area contributed by atoms with Crippen molar-refractivity contribution in [2.75, 3.05) is 25.0 Å². The van der Waals surface area contributed by atoms with Crippen molar-refractivity contribution in [3.63, 3.8) is 0 Å². The number of carbonyl (C=O) groups excluding carboxylic acids is 1. The predicted octanol–water partition coefficient (Wildman–Crippen LogP) is 1.38. The zero-order valence-electron chi connectivity index (χ0n) is 12.1. The molecule has 0 bridgehead atoms. The van der Waals surface area contributed by atoms with Crippen LogP contribution in [0.4, 0.5) is 11.4 Å². The molecular weight excluding hydrogens is 270 g/mol. The van der Waals surface area contributed by atoms with Crippen LogP contribution in [0.5, 0.6) is 0 Å². The van der Waals surface area contributed by atoms with Gasteiger partial charge >= 0.3 is 0 Å². The molecule has 6 heteroatoms. The number of amides is 1. The lowest BCUT2D eigenvalue weighted by atomic mass is 10.1. The van der Waals surface area contributed by atoms with Gasteiger partial charge in [0.15, 0.2) is 6.54 Å². The van der Waals surface area contributed by atoms with Crippen molar-refractivity contribution in [2.45, 2.75) is 32.1 Å². The Hall–Kier alpha value is -1.95. The molecule has 0 saturated carbocycles. The number of hydrogen-bond acceptors (Lipinski definition) is 3. The second-order valence-corrected chi connectivity index (χ2v) is 5.52. The van der Waals surface area contributed by atoms with Gasteiger partial charge in [-0.1, -0.05) is 18.6 Å². The quantitative estimate of drug-likeness (QED) is 0.650. The Kier molecular flexibility index (Phi) is 5.68. The number of benzene rings is 1. The van der Waals surface area contributed by atoms with E-state index in [9.17, 15) is 14.9 Å². The summed E-state index contributed by atoms with van der Waals surface area (Å²) in [6, 6.07) is 6.25. The van der Waals surface area contributed by atoms with Gasteiger partial charge in [-0.2, -0.15) is 0 Å². The van der Waals surface area contributed by atoms with Crippen LogP contribution in [0.15, 0.2) is 24.3 Å². The van der Waals surface area contributed by atoms with Gasteiger partial charge in [-0.3, -0.25) is 14.9 Å². The minimum absolute atomic E-state index is 0.0616. The first-order chi connectivity index (χ1) is 10.2. The topological polar surface area (TPSA) is 76.7 Å². The summed E-state index contributed by atoms with van der Waals surface area (Å²) in [5, 5.41) is 13.6. The number of hydrogen-bond donors (Lipinski definition) is 2. The van der Waals surface area contributed by atoms with Gasteiger partial charge in [0, 0.05) is 6.07 Å². The van der Waals surface area contributed by atoms with Crippen LogP contribution in [-0.4, -0.2) is 30.5 Å². The average Bonchev–Trinajstić information content (AvgIpc) is 2.42. The normalized spacial score (nSPS) is 16.8. The third-order valence-corrected chi connectivity index (χ3v) is 3.85. The fourth-order valence-electron chi connectivity index (χ4n) is 2.74. The highest BCUT2D eigenvalue weighted by atomic mass is 16.6. The van der Waals surface area contributed by atoms with Crippen molar-refractivity contribution in [2.24, 2.45) is 0 Å². The lowest BCUT2D eigenvalue weighted by Gasteiger charge is -2.21. The first-order valence-electron chi connectivity index (χ1n) is 7.53. The van der Waals surface area contributed by atoms with Gasteiger partial charge in [0.25, 0.3) is 11.6 Å². The number of carbonyl (C=O) groups is 1. The highest BCUT2D eigenvalue weighted by Gasteiger charge is 2.19. The molecule has 1 heterocycles. The van der Waals surface area contributed by atoms with E-state index in [4.69, 9.17) is 0 Å². The molecule has 0 aromatic heterocycles. The number of rotatable bonds is 4. The van der Waals surface area contributed by atoms with Crippen molar-refractivity contribution in [3.05, 3.63) is 34.4 Å². The second-order valence-electron chi connectivity index (χ2n) is 5.52. The lowest BCUT2D eigenvalue weighted by Crippen LogP contribution is -3.13. The fourth-order valence-corrected chi connectivity index (χ4v) is 2.74. The van der Waals surface area contributed by atoms with Gasteiger partial charge in [0.1, 0.15) is 5.69 Å². The molecule has 1 amide bonds. The summed E-state index contributed by atoms with van der Waals surface area (Å²) >= 11 is 0. The lowest BCUT2D eigenvalue weighted by molar-refractivity contribution is -0.892. The zero-order valence-corrected chi connectivity index (χ0v) is 12.1. The number of anilines is 1. The number of nitrogens with one attached hydrogen (secondary N) is 2. The minimum Gasteiger partial charge on any atom is -0.327 e. The number of quaternary nitrogens is 1. The fraction of sp³-hybridized carbons (Fsp3) is 0.533. The average molecular weight is 292 g/mol. The monoisotopic (exact) mass is 292 g/mol. The van der Waals surface area contributed by atoms with E-state index in [0.29, 0.717) is 6.54 Å². The molecule has 1 saturated heterocycles. The van der Waals surface area contributed by atoms with Crippen LogP contribution >= 0.6 is 0 Å². The maximum absolute atomic E-state index is 12.1. The molecule has 0 spiro atoms. The van der Waals surface area contributed by atoms with Crippen molar-refractivity contribution in [1.29, 1.82) is 0 Å². The van der Waals surface area contributed by atoms with Gasteiger partial charge in [-0.25, -0.2) is 0 Å². The molecule has 6 nitrogen and oxygen atoms in total. The first-order valence-corrected chi connectivity index (χ1v) is 7.53. The van der Waals surface area contributed by atoms with Gasteiger partial charge in [-0.15, -0.1) is 0 Å². The van der Waals surface area contributed by atoms with E-state index in [1.807, 2.05) is 0 Å². The van der Waals surface area contributed by atoms with Gasteiger partial charge in [0.05, 0.1) is 18.0 Å². The summed E-state index contributed by atoms with van der Waals surface area (Å²) < 4.78 is 0. The molecular formula is C15H22N3O3+. The van der Waals surface area contributed by atoms with Crippen molar-refractivity contribution >= 4 is 17.3 Å². The highest BCUT2D eigenvalue weighted by molar-refractivity contribution is 5.93. The van der Waals surface area contributed by atoms with Crippen LogP contribution < -0.4 is 10.2 Å². The zero-order chi connectivity index (χ0) is 15.1. The number of nitro groups is 1. The van der Waals surface area contributed by atoms with Crippen molar-refractivity contribution in [1.82, 2.24) is 0 Å². The van der Waals surface area contributed by atoms with Crippen LogP contribution in [0.3, 0.4) is 0 Å². The van der Waals surface area contributed by atoms with Gasteiger partial charge in [-0.05, 0) is 31.7 Å². The Morgan fingerprint density at radius 3 is 2.43 bits per heavy atom. The molecule has 2 rings (SSSR count). The number of para-hydroxylation sites is 2. The van der Waals surface area contributed by atoms with E-state index in [2.05, 4.69) is 5.32 Å². The predicted molar refractivity (Wildman–Crippen MR) is 80.4 cm³/mol. The summed E-state index contributed by atoms with van der Waals surface area (Å²) in [7, 11) is 0. The Morgan fingerprint density at radius 1 is 1.14 bits per heavy atom. The van der Waals surface area contributed by atoms with E-state index in [-0.39, 0.29) is 17.3 Å². The van der Waals surface area contributed by atoms with Crippen LogP contribution in [0.1, 0.15) is 32.1 Å². The maximum atomic E-state index is 12.1. The van der Waals surface area contributed by atoms with E-state index >= 15 is 0 Å². The van der Waals surface area contributed by atoms with E-state index in [1.54, 1.807) is 18.2 Å². The summed E-state index contributed by atoms with van der Waals surface area (Å²) in [6.45, 7) is 2.39. The molecule has 0 radical (unpaired) electrons. The molecule has 1 aliphatic rings. The molecule has 0 unspecified atom stereocenters. The molecule has 1 aromatic rings. The maximum Gasteiger partial charge on any atom is 0.292 e. The Labute approximate surface area is 124 Å². The van der Waals surface area contributed by atoms with Crippen molar-refractivity contribution < 1.29 is 14.6 Å². The van der Waals surface area contributed by atoms with Gasteiger partial charge < -0.3 is 10.2 Å². The number of nitro benzene ring substituents is 1. The molecule has 1 fully saturated rings. The third kappa shape index (κ3) is 4.82. The molecule has 2 N–H and O–H groups in total. The van der Waals surface area contributed by atoms with Crippen LogP contribution in [-0.2, 0) is 4.79 Å². The standard InChI is InChI=1S/C15H21N3O3/c19-15(12-17-10-6-2-1-3-7-11-17)16-13-8-4-5-9-14(13)18(20)21/h4-5,8-9H,1-3,6-7,10-12H2,(H,16,19)/p+1. The summed E-state index contributed by atoms with van der Waals surface area (Å²) in [6.07, 6.45) is 6.04. The Bertz CT molecular complexity index is 497. The van der Waals surface area contributed by atoms with E-state index in [1.165, 1.54) is 30.2 Å². The largest absolute Gasteiger partial charge is 0.327 e. The molecule has 0 atom stereocenters. The second kappa shape index (κ2) is 7.73. The first kappa shape index (κ1) is 15.4. The van der Waals surface area contributed by atoms with Gasteiger partial charge in [0.2, 0.25) is 0 Å².